The number of aromatic amines is 1. The minimum Gasteiger partial charge on any atom is -0.349 e. The van der Waals surface area contributed by atoms with Crippen molar-refractivity contribution in [1.82, 2.24) is 14.7 Å². The molecule has 0 fully saturated rings. The molecular formula is C12H13N5O2S2. The van der Waals surface area contributed by atoms with E-state index in [1.165, 1.54) is 0 Å². The van der Waals surface area contributed by atoms with E-state index >= 15 is 0 Å². The topological polar surface area (TPSA) is 99.6 Å². The summed E-state index contributed by atoms with van der Waals surface area (Å²) in [4.78, 5) is 7.25. The monoisotopic (exact) mass is 323 g/mol. The summed E-state index contributed by atoms with van der Waals surface area (Å²) in [6.45, 7) is 0.344. The molecule has 0 spiro atoms. The SMILES string of the molecule is O=S(=O)(NCCCc1ncc[nH]1)c1cccc2c1N=S=N2. The van der Waals surface area contributed by atoms with E-state index in [0.29, 0.717) is 30.8 Å². The van der Waals surface area contributed by atoms with E-state index in [0.717, 1.165) is 17.2 Å². The van der Waals surface area contributed by atoms with Crippen LogP contribution in [0, 0.1) is 0 Å². The number of nitrogens with zero attached hydrogens (tertiary/aromatic N) is 3. The fraction of sp³-hybridized carbons (Fsp3) is 0.250. The highest BCUT2D eigenvalue weighted by Gasteiger charge is 2.21. The molecule has 0 unspecified atom stereocenters. The van der Waals surface area contributed by atoms with Gasteiger partial charge in [-0.15, -0.1) is 0 Å². The van der Waals surface area contributed by atoms with Gasteiger partial charge in [0, 0.05) is 25.4 Å². The lowest BCUT2D eigenvalue weighted by Crippen LogP contribution is -2.25. The van der Waals surface area contributed by atoms with Crippen molar-refractivity contribution >= 4 is 32.8 Å². The molecule has 0 radical (unpaired) electrons. The molecular weight excluding hydrogens is 310 g/mol. The Hall–Kier alpha value is -1.84. The van der Waals surface area contributed by atoms with Crippen LogP contribution < -0.4 is 4.72 Å². The highest BCUT2D eigenvalue weighted by atomic mass is 32.2. The number of hydrogen-bond donors (Lipinski definition) is 2. The van der Waals surface area contributed by atoms with Crippen LogP contribution in [0.25, 0.3) is 0 Å². The molecule has 0 saturated heterocycles. The van der Waals surface area contributed by atoms with Crippen LogP contribution >= 0.6 is 0 Å². The molecule has 2 aromatic rings. The summed E-state index contributed by atoms with van der Waals surface area (Å²) in [5.74, 6) is 0.847. The van der Waals surface area contributed by atoms with E-state index < -0.39 is 10.0 Å². The molecule has 2 heterocycles. The first-order valence-electron chi connectivity index (χ1n) is 6.36. The molecule has 3 rings (SSSR count). The molecule has 110 valence electrons. The van der Waals surface area contributed by atoms with Crippen molar-refractivity contribution in [3.05, 3.63) is 36.4 Å². The fourth-order valence-corrected chi connectivity index (χ4v) is 3.81. The lowest BCUT2D eigenvalue weighted by molar-refractivity contribution is 0.578. The number of sulfonamides is 1. The summed E-state index contributed by atoms with van der Waals surface area (Å²) in [5, 5.41) is 0. The van der Waals surface area contributed by atoms with Crippen molar-refractivity contribution < 1.29 is 8.42 Å². The van der Waals surface area contributed by atoms with E-state index in [1.54, 1.807) is 30.6 Å². The summed E-state index contributed by atoms with van der Waals surface area (Å²) in [6, 6.07) is 4.95. The van der Waals surface area contributed by atoms with Gasteiger partial charge in [-0.25, -0.2) is 18.1 Å². The molecule has 0 amide bonds. The van der Waals surface area contributed by atoms with Crippen molar-refractivity contribution in [2.45, 2.75) is 17.7 Å². The quantitative estimate of drug-likeness (QED) is 0.679. The van der Waals surface area contributed by atoms with Crippen LogP contribution in [0.4, 0.5) is 11.4 Å². The van der Waals surface area contributed by atoms with Crippen molar-refractivity contribution in [3.63, 3.8) is 0 Å². The summed E-state index contributed by atoms with van der Waals surface area (Å²) >= 11 is 1.01. The van der Waals surface area contributed by atoms with Gasteiger partial charge in [0.15, 0.2) is 0 Å². The van der Waals surface area contributed by atoms with Gasteiger partial charge in [0.2, 0.25) is 10.0 Å². The zero-order chi connectivity index (χ0) is 14.7. The predicted molar refractivity (Wildman–Crippen MR) is 80.1 cm³/mol. The molecule has 1 aliphatic heterocycles. The number of aromatic nitrogens is 2. The van der Waals surface area contributed by atoms with Gasteiger partial charge in [0.05, 0.1) is 11.4 Å². The zero-order valence-corrected chi connectivity index (χ0v) is 12.6. The van der Waals surface area contributed by atoms with Gasteiger partial charge >= 0.3 is 0 Å². The first kappa shape index (κ1) is 14.1. The molecule has 2 N–H and O–H groups in total. The van der Waals surface area contributed by atoms with Gasteiger partial charge in [-0.05, 0) is 18.6 Å². The van der Waals surface area contributed by atoms with Gasteiger partial charge in [-0.3, -0.25) is 0 Å². The first-order chi connectivity index (χ1) is 10.2. The number of aryl methyl sites for hydroxylation is 1. The van der Waals surface area contributed by atoms with Gasteiger partial charge in [0.1, 0.15) is 22.1 Å². The summed E-state index contributed by atoms with van der Waals surface area (Å²) in [6.07, 6.45) is 4.78. The molecule has 1 aliphatic rings. The van der Waals surface area contributed by atoms with E-state index in [4.69, 9.17) is 0 Å². The third kappa shape index (κ3) is 3.09. The maximum Gasteiger partial charge on any atom is 0.242 e. The van der Waals surface area contributed by atoms with Crippen molar-refractivity contribution in [3.8, 4) is 0 Å². The Morgan fingerprint density at radius 1 is 1.29 bits per heavy atom. The number of hydrogen-bond acceptors (Lipinski definition) is 5. The number of rotatable bonds is 6. The van der Waals surface area contributed by atoms with E-state index in [2.05, 4.69) is 23.4 Å². The average Bonchev–Trinajstić information content (AvgIpc) is 3.14. The van der Waals surface area contributed by atoms with Crippen molar-refractivity contribution in [1.29, 1.82) is 0 Å². The van der Waals surface area contributed by atoms with Crippen LogP contribution in [0.15, 0.2) is 44.2 Å². The summed E-state index contributed by atoms with van der Waals surface area (Å²) in [5.41, 5.74) is 1.01. The Labute approximate surface area is 125 Å². The minimum atomic E-state index is -3.57. The maximum absolute atomic E-state index is 12.3. The second-order valence-corrected chi connectivity index (χ2v) is 6.69. The summed E-state index contributed by atoms with van der Waals surface area (Å²) in [7, 11) is -3.57. The first-order valence-corrected chi connectivity index (χ1v) is 8.57. The summed E-state index contributed by atoms with van der Waals surface area (Å²) < 4.78 is 35.3. The van der Waals surface area contributed by atoms with Crippen LogP contribution in [0.1, 0.15) is 12.2 Å². The molecule has 0 atom stereocenters. The molecule has 0 bridgehead atoms. The average molecular weight is 323 g/mol. The van der Waals surface area contributed by atoms with Crippen LogP contribution in [0.3, 0.4) is 0 Å². The zero-order valence-electron chi connectivity index (χ0n) is 11.0. The third-order valence-electron chi connectivity index (χ3n) is 2.98. The lowest BCUT2D eigenvalue weighted by Gasteiger charge is -2.08. The second-order valence-electron chi connectivity index (χ2n) is 4.43. The van der Waals surface area contributed by atoms with E-state index in [9.17, 15) is 8.42 Å². The van der Waals surface area contributed by atoms with E-state index in [1.807, 2.05) is 0 Å². The van der Waals surface area contributed by atoms with Gasteiger partial charge < -0.3 is 4.98 Å². The molecule has 7 nitrogen and oxygen atoms in total. The Morgan fingerprint density at radius 2 is 2.19 bits per heavy atom. The molecule has 21 heavy (non-hydrogen) atoms. The lowest BCUT2D eigenvalue weighted by atomic mass is 10.3. The Balaban J connectivity index is 1.65. The number of fused-ring (bicyclic) bond motifs is 1. The Morgan fingerprint density at radius 3 is 3.00 bits per heavy atom. The number of nitrogens with one attached hydrogen (secondary N) is 2. The van der Waals surface area contributed by atoms with Gasteiger partial charge in [-0.1, -0.05) is 6.07 Å². The maximum atomic E-state index is 12.3. The minimum absolute atomic E-state index is 0.173. The van der Waals surface area contributed by atoms with Crippen molar-refractivity contribution in [2.24, 2.45) is 8.73 Å². The number of imidazole rings is 1. The molecule has 9 heteroatoms. The normalized spacial score (nSPS) is 13.1. The molecule has 1 aromatic carbocycles. The molecule has 0 saturated carbocycles. The number of H-pyrrole nitrogens is 1. The van der Waals surface area contributed by atoms with Gasteiger partial charge in [0.25, 0.3) is 0 Å². The largest absolute Gasteiger partial charge is 0.349 e. The van der Waals surface area contributed by atoms with Crippen LogP contribution in [0.5, 0.6) is 0 Å². The smallest absolute Gasteiger partial charge is 0.242 e. The molecule has 1 aromatic heterocycles. The highest BCUT2D eigenvalue weighted by Crippen LogP contribution is 2.37. The predicted octanol–water partition coefficient (Wildman–Crippen LogP) is 2.05. The van der Waals surface area contributed by atoms with Crippen LogP contribution in [-0.2, 0) is 27.8 Å². The van der Waals surface area contributed by atoms with Crippen LogP contribution in [0.2, 0.25) is 0 Å². The van der Waals surface area contributed by atoms with E-state index in [-0.39, 0.29) is 4.90 Å². The number of benzene rings is 1. The standard InChI is InChI=1S/C12H13N5O2S2/c18-21(19,15-6-2-5-11-13-7-8-14-11)10-4-1-3-9-12(10)17-20-16-9/h1,3-4,7-8,15H,2,5-6H2,(H,13,14). The Bertz CT molecular complexity index is 808. The van der Waals surface area contributed by atoms with Crippen molar-refractivity contribution in [2.75, 3.05) is 6.54 Å². The fourth-order valence-electron chi connectivity index (χ4n) is 1.97. The second kappa shape index (κ2) is 5.88. The molecule has 0 aliphatic carbocycles. The van der Waals surface area contributed by atoms with Crippen LogP contribution in [-0.4, -0.2) is 24.9 Å². The highest BCUT2D eigenvalue weighted by molar-refractivity contribution is 7.89. The Kier molecular flexibility index (Phi) is 3.95. The van der Waals surface area contributed by atoms with Gasteiger partial charge in [-0.2, -0.15) is 8.73 Å². The third-order valence-corrected chi connectivity index (χ3v) is 5.01.